The largest absolute Gasteiger partial charge is 0.465 e. The van der Waals surface area contributed by atoms with Crippen LogP contribution in [0.1, 0.15) is 30.9 Å². The minimum Gasteiger partial charge on any atom is -0.465 e. The molecule has 0 spiro atoms. The lowest BCUT2D eigenvalue weighted by atomic mass is 9.92. The van der Waals surface area contributed by atoms with E-state index in [9.17, 15) is 9.59 Å². The van der Waals surface area contributed by atoms with Gasteiger partial charge >= 0.3 is 11.9 Å². The molecule has 0 bridgehead atoms. The Hall–Kier alpha value is -2.10. The van der Waals surface area contributed by atoms with Crippen LogP contribution in [0.2, 0.25) is 0 Å². The first-order valence-corrected chi connectivity index (χ1v) is 6.67. The molecule has 0 atom stereocenters. The van der Waals surface area contributed by atoms with Gasteiger partial charge in [-0.3, -0.25) is 9.59 Å². The molecule has 108 valence electrons. The lowest BCUT2D eigenvalue weighted by Crippen LogP contribution is -2.27. The van der Waals surface area contributed by atoms with Gasteiger partial charge in [-0.1, -0.05) is 30.3 Å². The number of carbonyl (C=O) groups is 2. The molecule has 0 aliphatic heterocycles. The average molecular weight is 276 g/mol. The Morgan fingerprint density at radius 3 is 2.20 bits per heavy atom. The normalized spacial score (nSPS) is 10.2. The first kappa shape index (κ1) is 16.0. The first-order valence-electron chi connectivity index (χ1n) is 6.67. The molecule has 0 N–H and O–H groups in total. The van der Waals surface area contributed by atoms with Gasteiger partial charge in [0, 0.05) is 0 Å². The van der Waals surface area contributed by atoms with E-state index in [1.807, 2.05) is 12.1 Å². The Bertz CT molecular complexity index is 461. The van der Waals surface area contributed by atoms with Crippen molar-refractivity contribution in [3.8, 4) is 0 Å². The maximum atomic E-state index is 12.1. The van der Waals surface area contributed by atoms with Crippen molar-refractivity contribution >= 4 is 11.9 Å². The smallest absolute Gasteiger partial charge is 0.324 e. The molecule has 1 rings (SSSR count). The number of rotatable bonds is 7. The highest BCUT2D eigenvalue weighted by atomic mass is 16.6. The van der Waals surface area contributed by atoms with E-state index in [2.05, 4.69) is 6.58 Å². The maximum Gasteiger partial charge on any atom is 0.324 e. The van der Waals surface area contributed by atoms with E-state index in [1.54, 1.807) is 32.1 Å². The molecule has 0 aliphatic rings. The Morgan fingerprint density at radius 2 is 1.70 bits per heavy atom. The third kappa shape index (κ3) is 3.95. The molecule has 0 aliphatic carbocycles. The zero-order valence-electron chi connectivity index (χ0n) is 11.9. The minimum absolute atomic E-state index is 0.221. The predicted octanol–water partition coefficient (Wildman–Crippen LogP) is 2.62. The summed E-state index contributed by atoms with van der Waals surface area (Å²) in [7, 11) is 0. The van der Waals surface area contributed by atoms with Crippen molar-refractivity contribution in [2.45, 2.75) is 26.2 Å². The van der Waals surface area contributed by atoms with E-state index in [1.165, 1.54) is 0 Å². The number of esters is 2. The van der Waals surface area contributed by atoms with Crippen LogP contribution in [0.5, 0.6) is 0 Å². The van der Waals surface area contributed by atoms with Crippen LogP contribution in [0.15, 0.2) is 36.9 Å². The van der Waals surface area contributed by atoms with Gasteiger partial charge in [0.05, 0.1) is 13.2 Å². The second-order valence-electron chi connectivity index (χ2n) is 4.13. The highest BCUT2D eigenvalue weighted by Crippen LogP contribution is 2.24. The summed E-state index contributed by atoms with van der Waals surface area (Å²) >= 11 is 0. The highest BCUT2D eigenvalue weighted by Gasteiger charge is 2.32. The van der Waals surface area contributed by atoms with Crippen LogP contribution in [0.25, 0.3) is 0 Å². The Morgan fingerprint density at radius 1 is 1.15 bits per heavy atom. The van der Waals surface area contributed by atoms with Gasteiger partial charge in [-0.05, 0) is 31.4 Å². The van der Waals surface area contributed by atoms with Gasteiger partial charge in [0.15, 0.2) is 5.92 Å². The Labute approximate surface area is 119 Å². The van der Waals surface area contributed by atoms with Crippen molar-refractivity contribution in [2.24, 2.45) is 0 Å². The molecule has 1 aromatic rings. The van der Waals surface area contributed by atoms with E-state index in [4.69, 9.17) is 9.47 Å². The fraction of sp³-hybridized carbons (Fsp3) is 0.375. The van der Waals surface area contributed by atoms with Crippen LogP contribution in [0.3, 0.4) is 0 Å². The summed E-state index contributed by atoms with van der Waals surface area (Å²) < 4.78 is 9.99. The van der Waals surface area contributed by atoms with Crippen LogP contribution >= 0.6 is 0 Å². The van der Waals surface area contributed by atoms with Crippen LogP contribution in [0, 0.1) is 0 Å². The molecule has 4 nitrogen and oxygen atoms in total. The molecular formula is C16H20O4. The number of carbonyl (C=O) groups excluding carboxylic acids is 2. The van der Waals surface area contributed by atoms with Crippen molar-refractivity contribution in [1.82, 2.24) is 0 Å². The zero-order chi connectivity index (χ0) is 15.0. The third-order valence-corrected chi connectivity index (χ3v) is 2.77. The molecule has 0 saturated carbocycles. The van der Waals surface area contributed by atoms with Crippen molar-refractivity contribution in [1.29, 1.82) is 0 Å². The maximum absolute atomic E-state index is 12.1. The topological polar surface area (TPSA) is 52.6 Å². The van der Waals surface area contributed by atoms with Gasteiger partial charge in [-0.25, -0.2) is 0 Å². The van der Waals surface area contributed by atoms with Crippen molar-refractivity contribution < 1.29 is 19.1 Å². The lowest BCUT2D eigenvalue weighted by Gasteiger charge is -2.17. The summed E-state index contributed by atoms with van der Waals surface area (Å²) in [6, 6.07) is 7.25. The SMILES string of the molecule is C=CCc1ccccc1C(C(=O)OCC)C(=O)OCC. The van der Waals surface area contributed by atoms with Gasteiger partial charge < -0.3 is 9.47 Å². The summed E-state index contributed by atoms with van der Waals surface area (Å²) in [5.41, 5.74) is 1.48. The summed E-state index contributed by atoms with van der Waals surface area (Å²) in [6.07, 6.45) is 2.30. The number of hydrogen-bond donors (Lipinski definition) is 0. The molecule has 4 heteroatoms. The monoisotopic (exact) mass is 276 g/mol. The Balaban J connectivity index is 3.18. The molecule has 0 fully saturated rings. The summed E-state index contributed by atoms with van der Waals surface area (Å²) in [5, 5.41) is 0. The van der Waals surface area contributed by atoms with E-state index < -0.39 is 17.9 Å². The van der Waals surface area contributed by atoms with Crippen LogP contribution < -0.4 is 0 Å². The number of hydrogen-bond acceptors (Lipinski definition) is 4. The minimum atomic E-state index is -1.04. The summed E-state index contributed by atoms with van der Waals surface area (Å²) in [4.78, 5) is 24.1. The van der Waals surface area contributed by atoms with Crippen molar-refractivity contribution in [3.63, 3.8) is 0 Å². The first-order chi connectivity index (χ1) is 9.65. The van der Waals surface area contributed by atoms with Crippen LogP contribution in [-0.2, 0) is 25.5 Å². The van der Waals surface area contributed by atoms with Crippen LogP contribution in [0.4, 0.5) is 0 Å². The third-order valence-electron chi connectivity index (χ3n) is 2.77. The lowest BCUT2D eigenvalue weighted by molar-refractivity contribution is -0.156. The number of allylic oxidation sites excluding steroid dienone is 1. The Kier molecular flexibility index (Phi) is 6.50. The second kappa shape index (κ2) is 8.15. The van der Waals surface area contributed by atoms with E-state index >= 15 is 0 Å². The molecule has 0 saturated heterocycles. The standard InChI is InChI=1S/C16H20O4/c1-4-9-12-10-7-8-11-13(12)14(15(17)19-5-2)16(18)20-6-3/h4,7-8,10-11,14H,1,5-6,9H2,2-3H3. The molecule has 0 amide bonds. The summed E-state index contributed by atoms with van der Waals surface area (Å²) in [6.45, 7) is 7.54. The van der Waals surface area contributed by atoms with E-state index in [-0.39, 0.29) is 13.2 Å². The van der Waals surface area contributed by atoms with Gasteiger partial charge in [-0.2, -0.15) is 0 Å². The predicted molar refractivity (Wildman–Crippen MR) is 76.4 cm³/mol. The average Bonchev–Trinajstić information content (AvgIpc) is 2.42. The van der Waals surface area contributed by atoms with Gasteiger partial charge in [0.25, 0.3) is 0 Å². The quantitative estimate of drug-likeness (QED) is 0.436. The summed E-state index contributed by atoms with van der Waals surface area (Å²) in [5.74, 6) is -2.20. The number of ether oxygens (including phenoxy) is 2. The molecule has 1 aromatic carbocycles. The van der Waals surface area contributed by atoms with Crippen molar-refractivity contribution in [2.75, 3.05) is 13.2 Å². The molecule has 0 heterocycles. The highest BCUT2D eigenvalue weighted by molar-refractivity contribution is 6.01. The molecule has 0 aromatic heterocycles. The van der Waals surface area contributed by atoms with Gasteiger partial charge in [0.2, 0.25) is 0 Å². The molecule has 20 heavy (non-hydrogen) atoms. The zero-order valence-corrected chi connectivity index (χ0v) is 11.9. The fourth-order valence-corrected chi connectivity index (χ4v) is 1.96. The van der Waals surface area contributed by atoms with Crippen LogP contribution in [-0.4, -0.2) is 25.2 Å². The fourth-order valence-electron chi connectivity index (χ4n) is 1.96. The van der Waals surface area contributed by atoms with Gasteiger partial charge in [0.1, 0.15) is 0 Å². The van der Waals surface area contributed by atoms with Crippen molar-refractivity contribution in [3.05, 3.63) is 48.0 Å². The molecular weight excluding hydrogens is 256 g/mol. The van der Waals surface area contributed by atoms with E-state index in [0.29, 0.717) is 12.0 Å². The molecule has 0 unspecified atom stereocenters. The van der Waals surface area contributed by atoms with Gasteiger partial charge in [-0.15, -0.1) is 6.58 Å². The van der Waals surface area contributed by atoms with E-state index in [0.717, 1.165) is 5.56 Å². The molecule has 0 radical (unpaired) electrons. The number of benzene rings is 1. The second-order valence-corrected chi connectivity index (χ2v) is 4.13.